The molecule has 2 rings (SSSR count). The number of hydrogen-bond donors (Lipinski definition) is 1. The summed E-state index contributed by atoms with van der Waals surface area (Å²) in [6, 6.07) is 8.02. The summed E-state index contributed by atoms with van der Waals surface area (Å²) < 4.78 is 6.32. The van der Waals surface area contributed by atoms with E-state index < -0.39 is 11.7 Å². The number of ether oxygens (including phenoxy) is 1. The smallest absolute Gasteiger partial charge is 0.412 e. The van der Waals surface area contributed by atoms with Gasteiger partial charge in [0.2, 0.25) is 0 Å². The second kappa shape index (κ2) is 6.20. The first kappa shape index (κ1) is 16.0. The van der Waals surface area contributed by atoms with E-state index in [0.29, 0.717) is 0 Å². The molecular formula is C16H18BrNO2S. The van der Waals surface area contributed by atoms with Crippen LogP contribution in [0.4, 0.5) is 10.5 Å². The summed E-state index contributed by atoms with van der Waals surface area (Å²) in [5.74, 6) is 0. The highest BCUT2D eigenvalue weighted by molar-refractivity contribution is 9.10. The largest absolute Gasteiger partial charge is 0.444 e. The molecular weight excluding hydrogens is 350 g/mol. The number of halogens is 1. The van der Waals surface area contributed by atoms with Crippen LogP contribution in [0.3, 0.4) is 0 Å². The Labute approximate surface area is 137 Å². The molecule has 1 N–H and O–H groups in total. The van der Waals surface area contributed by atoms with Crippen LogP contribution in [0, 0.1) is 6.92 Å². The van der Waals surface area contributed by atoms with Gasteiger partial charge in [-0.3, -0.25) is 5.32 Å². The molecule has 0 aliphatic carbocycles. The van der Waals surface area contributed by atoms with Crippen LogP contribution in [0.5, 0.6) is 0 Å². The molecule has 0 radical (unpaired) electrons. The van der Waals surface area contributed by atoms with E-state index in [-0.39, 0.29) is 0 Å². The summed E-state index contributed by atoms with van der Waals surface area (Å²) in [4.78, 5) is 13.1. The average molecular weight is 368 g/mol. The van der Waals surface area contributed by atoms with Crippen LogP contribution in [0.1, 0.15) is 25.6 Å². The van der Waals surface area contributed by atoms with Gasteiger partial charge in [-0.2, -0.15) is 0 Å². The molecule has 0 saturated heterocycles. The molecule has 0 bridgehead atoms. The van der Waals surface area contributed by atoms with E-state index in [1.807, 2.05) is 57.3 Å². The second-order valence-electron chi connectivity index (χ2n) is 5.72. The number of benzene rings is 1. The molecule has 2 aromatic rings. The standard InChI is InChI=1S/C16H18BrNO2S/c1-10-14(11-6-5-7-12(17)8-11)13(9-21-10)18-15(19)20-16(2,3)4/h5-9H,1-4H3,(H,18,19). The predicted molar refractivity (Wildman–Crippen MR) is 92.0 cm³/mol. The Morgan fingerprint density at radius 3 is 2.67 bits per heavy atom. The first-order valence-corrected chi connectivity index (χ1v) is 8.27. The lowest BCUT2D eigenvalue weighted by atomic mass is 10.1. The van der Waals surface area contributed by atoms with Gasteiger partial charge in [-0.05, 0) is 45.4 Å². The molecule has 0 spiro atoms. The van der Waals surface area contributed by atoms with E-state index >= 15 is 0 Å². The summed E-state index contributed by atoms with van der Waals surface area (Å²) in [5, 5.41) is 4.78. The highest BCUT2D eigenvalue weighted by atomic mass is 79.9. The lowest BCUT2D eigenvalue weighted by Crippen LogP contribution is -2.27. The summed E-state index contributed by atoms with van der Waals surface area (Å²) in [6.45, 7) is 7.59. The van der Waals surface area contributed by atoms with Gasteiger partial charge in [0, 0.05) is 20.3 Å². The number of aryl methyl sites for hydroxylation is 1. The van der Waals surface area contributed by atoms with Gasteiger partial charge >= 0.3 is 6.09 Å². The Hall–Kier alpha value is -1.33. The second-order valence-corrected chi connectivity index (χ2v) is 7.72. The monoisotopic (exact) mass is 367 g/mol. The quantitative estimate of drug-likeness (QED) is 0.724. The topological polar surface area (TPSA) is 38.3 Å². The van der Waals surface area contributed by atoms with Gasteiger partial charge < -0.3 is 4.74 Å². The third-order valence-corrected chi connectivity index (χ3v) is 4.13. The summed E-state index contributed by atoms with van der Waals surface area (Å²) in [6.07, 6.45) is -0.434. The molecule has 0 aliphatic heterocycles. The molecule has 0 fully saturated rings. The number of nitrogens with one attached hydrogen (secondary N) is 1. The van der Waals surface area contributed by atoms with E-state index in [9.17, 15) is 4.79 Å². The van der Waals surface area contributed by atoms with Crippen LogP contribution >= 0.6 is 27.3 Å². The van der Waals surface area contributed by atoms with Crippen molar-refractivity contribution in [1.29, 1.82) is 0 Å². The number of carbonyl (C=O) groups is 1. The molecule has 0 unspecified atom stereocenters. The van der Waals surface area contributed by atoms with Crippen molar-refractivity contribution in [2.75, 3.05) is 5.32 Å². The predicted octanol–water partition coefficient (Wildman–Crippen LogP) is 5.83. The zero-order chi connectivity index (χ0) is 15.6. The van der Waals surface area contributed by atoms with Gasteiger partial charge in [-0.1, -0.05) is 28.1 Å². The molecule has 5 heteroatoms. The van der Waals surface area contributed by atoms with Gasteiger partial charge in [-0.25, -0.2) is 4.79 Å². The highest BCUT2D eigenvalue weighted by Gasteiger charge is 2.19. The van der Waals surface area contributed by atoms with Crippen molar-refractivity contribution in [2.45, 2.75) is 33.3 Å². The molecule has 1 aromatic heterocycles. The fourth-order valence-electron chi connectivity index (χ4n) is 1.96. The Balaban J connectivity index is 2.29. The van der Waals surface area contributed by atoms with Gasteiger partial charge in [0.15, 0.2) is 0 Å². The molecule has 1 heterocycles. The fraction of sp³-hybridized carbons (Fsp3) is 0.312. The lowest BCUT2D eigenvalue weighted by Gasteiger charge is -2.20. The number of thiophene rings is 1. The molecule has 0 atom stereocenters. The highest BCUT2D eigenvalue weighted by Crippen LogP contribution is 2.37. The maximum Gasteiger partial charge on any atom is 0.412 e. The first-order valence-electron chi connectivity index (χ1n) is 6.60. The van der Waals surface area contributed by atoms with Crippen LogP contribution < -0.4 is 5.32 Å². The summed E-state index contributed by atoms with van der Waals surface area (Å²) in [7, 11) is 0. The van der Waals surface area contributed by atoms with Crippen molar-refractivity contribution in [3.8, 4) is 11.1 Å². The maximum absolute atomic E-state index is 11.9. The molecule has 0 aliphatic rings. The number of rotatable bonds is 2. The van der Waals surface area contributed by atoms with Crippen LogP contribution in [-0.2, 0) is 4.74 Å². The third-order valence-electron chi connectivity index (χ3n) is 2.72. The number of hydrogen-bond acceptors (Lipinski definition) is 3. The van der Waals surface area contributed by atoms with E-state index in [4.69, 9.17) is 4.74 Å². The van der Waals surface area contributed by atoms with Crippen molar-refractivity contribution >= 4 is 39.0 Å². The third kappa shape index (κ3) is 4.32. The Kier molecular flexibility index (Phi) is 4.74. The molecule has 1 aromatic carbocycles. The number of anilines is 1. The zero-order valence-electron chi connectivity index (χ0n) is 12.5. The Bertz CT molecular complexity index is 659. The molecule has 112 valence electrons. The van der Waals surface area contributed by atoms with E-state index in [1.165, 1.54) is 0 Å². The maximum atomic E-state index is 11.9. The summed E-state index contributed by atoms with van der Waals surface area (Å²) in [5.41, 5.74) is 2.37. The van der Waals surface area contributed by atoms with Gasteiger partial charge in [0.25, 0.3) is 0 Å². The molecule has 3 nitrogen and oxygen atoms in total. The molecule has 0 saturated carbocycles. The minimum atomic E-state index is -0.509. The molecule has 1 amide bonds. The Morgan fingerprint density at radius 2 is 2.05 bits per heavy atom. The van der Waals surface area contributed by atoms with Crippen molar-refractivity contribution in [1.82, 2.24) is 0 Å². The minimum absolute atomic E-state index is 0.434. The van der Waals surface area contributed by atoms with Crippen LogP contribution in [-0.4, -0.2) is 11.7 Å². The normalized spacial score (nSPS) is 11.3. The summed E-state index contributed by atoms with van der Waals surface area (Å²) >= 11 is 5.08. The van der Waals surface area contributed by atoms with Gasteiger partial charge in [0.1, 0.15) is 5.60 Å². The lowest BCUT2D eigenvalue weighted by molar-refractivity contribution is 0.0636. The van der Waals surface area contributed by atoms with Gasteiger partial charge in [0.05, 0.1) is 5.69 Å². The zero-order valence-corrected chi connectivity index (χ0v) is 14.9. The van der Waals surface area contributed by atoms with E-state index in [0.717, 1.165) is 26.2 Å². The van der Waals surface area contributed by atoms with E-state index in [2.05, 4.69) is 21.2 Å². The average Bonchev–Trinajstić information content (AvgIpc) is 2.67. The first-order chi connectivity index (χ1) is 9.76. The van der Waals surface area contributed by atoms with Crippen LogP contribution in [0.2, 0.25) is 0 Å². The van der Waals surface area contributed by atoms with Crippen LogP contribution in [0.25, 0.3) is 11.1 Å². The number of amides is 1. The van der Waals surface area contributed by atoms with Crippen molar-refractivity contribution in [3.63, 3.8) is 0 Å². The number of carbonyl (C=O) groups excluding carboxylic acids is 1. The Morgan fingerprint density at radius 1 is 1.33 bits per heavy atom. The van der Waals surface area contributed by atoms with Gasteiger partial charge in [-0.15, -0.1) is 11.3 Å². The molecule has 21 heavy (non-hydrogen) atoms. The SMILES string of the molecule is Cc1scc(NC(=O)OC(C)(C)C)c1-c1cccc(Br)c1. The van der Waals surface area contributed by atoms with Crippen molar-refractivity contribution in [2.24, 2.45) is 0 Å². The van der Waals surface area contributed by atoms with Crippen molar-refractivity contribution in [3.05, 3.63) is 39.0 Å². The minimum Gasteiger partial charge on any atom is -0.444 e. The van der Waals surface area contributed by atoms with Crippen molar-refractivity contribution < 1.29 is 9.53 Å². The fourth-order valence-corrected chi connectivity index (χ4v) is 3.18. The van der Waals surface area contributed by atoms with E-state index in [1.54, 1.807) is 11.3 Å². The van der Waals surface area contributed by atoms with Crippen LogP contribution in [0.15, 0.2) is 34.1 Å².